The third-order valence-electron chi connectivity index (χ3n) is 2.28. The van der Waals surface area contributed by atoms with Crippen molar-refractivity contribution in [1.82, 2.24) is 5.06 Å². The highest BCUT2D eigenvalue weighted by Gasteiger charge is 2.33. The number of amides is 2. The number of hydrogen-bond donors (Lipinski definition) is 0. The number of nitrogens with zero attached hydrogens (tertiary/aromatic N) is 1. The lowest BCUT2D eigenvalue weighted by atomic mass is 10.2. The normalized spacial score (nSPS) is 15.1. The van der Waals surface area contributed by atoms with Crippen molar-refractivity contribution in [2.24, 2.45) is 0 Å². The first kappa shape index (κ1) is 13.0. The van der Waals surface area contributed by atoms with Crippen molar-refractivity contribution < 1.29 is 19.2 Å². The highest BCUT2D eigenvalue weighted by molar-refractivity contribution is 9.10. The van der Waals surface area contributed by atoms with E-state index in [-0.39, 0.29) is 18.4 Å². The van der Waals surface area contributed by atoms with Crippen molar-refractivity contribution in [2.45, 2.75) is 12.8 Å². The lowest BCUT2D eigenvalue weighted by Gasteiger charge is -2.12. The van der Waals surface area contributed by atoms with E-state index in [0.29, 0.717) is 14.6 Å². The molecule has 0 atom stereocenters. The van der Waals surface area contributed by atoms with Crippen LogP contribution in [0.15, 0.2) is 22.7 Å². The first-order chi connectivity index (χ1) is 8.47. The maximum atomic E-state index is 11.7. The molecule has 94 valence electrons. The van der Waals surface area contributed by atoms with Gasteiger partial charge in [-0.15, -0.1) is 5.06 Å². The molecule has 1 aromatic carbocycles. The van der Waals surface area contributed by atoms with Crippen molar-refractivity contribution in [3.05, 3.63) is 33.3 Å². The second kappa shape index (κ2) is 5.07. The van der Waals surface area contributed by atoms with Crippen LogP contribution in [0.3, 0.4) is 0 Å². The number of rotatable bonds is 2. The Morgan fingerprint density at radius 1 is 1.22 bits per heavy atom. The van der Waals surface area contributed by atoms with Crippen LogP contribution in [0.2, 0.25) is 5.02 Å². The van der Waals surface area contributed by atoms with Crippen molar-refractivity contribution in [3.8, 4) is 0 Å². The topological polar surface area (TPSA) is 63.7 Å². The Kier molecular flexibility index (Phi) is 3.68. The number of carbonyl (C=O) groups is 3. The molecule has 5 nitrogen and oxygen atoms in total. The standard InChI is InChI=1S/C11H7BrClNO4/c12-7-3-6(4-8(13)5-7)11(17)18-14-9(15)1-2-10(14)16/h3-5H,1-2H2. The van der Waals surface area contributed by atoms with Crippen LogP contribution >= 0.6 is 27.5 Å². The van der Waals surface area contributed by atoms with E-state index in [9.17, 15) is 14.4 Å². The minimum absolute atomic E-state index is 0.0609. The van der Waals surface area contributed by atoms with Gasteiger partial charge in [-0.25, -0.2) is 4.79 Å². The smallest absolute Gasteiger partial charge is 0.325 e. The van der Waals surface area contributed by atoms with Crippen molar-refractivity contribution in [1.29, 1.82) is 0 Å². The maximum Gasteiger partial charge on any atom is 0.364 e. The van der Waals surface area contributed by atoms with Gasteiger partial charge in [-0.3, -0.25) is 9.59 Å². The van der Waals surface area contributed by atoms with Gasteiger partial charge >= 0.3 is 5.97 Å². The zero-order valence-electron chi connectivity index (χ0n) is 8.98. The lowest BCUT2D eigenvalue weighted by molar-refractivity contribution is -0.172. The van der Waals surface area contributed by atoms with Gasteiger partial charge in [0.05, 0.1) is 5.56 Å². The van der Waals surface area contributed by atoms with Gasteiger partial charge in [0.15, 0.2) is 0 Å². The summed E-state index contributed by atoms with van der Waals surface area (Å²) in [6, 6.07) is 4.48. The fraction of sp³-hybridized carbons (Fsp3) is 0.182. The van der Waals surface area contributed by atoms with Crippen molar-refractivity contribution in [3.63, 3.8) is 0 Å². The summed E-state index contributed by atoms with van der Waals surface area (Å²) < 4.78 is 0.598. The minimum Gasteiger partial charge on any atom is -0.325 e. The van der Waals surface area contributed by atoms with Crippen molar-refractivity contribution >= 4 is 45.3 Å². The highest BCUT2D eigenvalue weighted by atomic mass is 79.9. The number of benzene rings is 1. The number of carbonyl (C=O) groups excluding carboxylic acids is 3. The predicted molar refractivity (Wildman–Crippen MR) is 65.7 cm³/mol. The third kappa shape index (κ3) is 2.70. The summed E-state index contributed by atoms with van der Waals surface area (Å²) in [6.07, 6.45) is 0.122. The zero-order chi connectivity index (χ0) is 13.3. The van der Waals surface area contributed by atoms with E-state index in [1.54, 1.807) is 6.07 Å². The molecule has 1 saturated heterocycles. The molecule has 0 N–H and O–H groups in total. The van der Waals surface area contributed by atoms with Crippen LogP contribution in [0.4, 0.5) is 0 Å². The van der Waals surface area contributed by atoms with E-state index < -0.39 is 17.8 Å². The summed E-state index contributed by atoms with van der Waals surface area (Å²) in [5.41, 5.74) is 0.155. The van der Waals surface area contributed by atoms with Gasteiger partial charge in [0.1, 0.15) is 0 Å². The molecule has 18 heavy (non-hydrogen) atoms. The first-order valence-electron chi connectivity index (χ1n) is 5.01. The summed E-state index contributed by atoms with van der Waals surface area (Å²) in [5, 5.41) is 0.840. The average molecular weight is 333 g/mol. The summed E-state index contributed by atoms with van der Waals surface area (Å²) in [4.78, 5) is 39.1. The van der Waals surface area contributed by atoms with E-state index in [1.807, 2.05) is 0 Å². The molecule has 0 saturated carbocycles. The highest BCUT2D eigenvalue weighted by Crippen LogP contribution is 2.21. The van der Waals surface area contributed by atoms with Gasteiger partial charge in [-0.1, -0.05) is 27.5 Å². The van der Waals surface area contributed by atoms with E-state index in [4.69, 9.17) is 16.4 Å². The third-order valence-corrected chi connectivity index (χ3v) is 2.95. The van der Waals surface area contributed by atoms with E-state index >= 15 is 0 Å². The van der Waals surface area contributed by atoms with Crippen LogP contribution in [0, 0.1) is 0 Å². The Bertz CT molecular complexity index is 510. The van der Waals surface area contributed by atoms with Crippen molar-refractivity contribution in [2.75, 3.05) is 0 Å². The summed E-state index contributed by atoms with van der Waals surface area (Å²) in [7, 11) is 0. The molecule has 1 heterocycles. The number of halogens is 2. The number of imide groups is 1. The molecular weight excluding hydrogens is 325 g/mol. The van der Waals surface area contributed by atoms with Gasteiger partial charge in [-0.05, 0) is 18.2 Å². The van der Waals surface area contributed by atoms with Crippen LogP contribution in [0.1, 0.15) is 23.2 Å². The second-order valence-electron chi connectivity index (χ2n) is 3.62. The average Bonchev–Trinajstić information content (AvgIpc) is 2.59. The molecule has 1 aliphatic rings. The van der Waals surface area contributed by atoms with E-state index in [2.05, 4.69) is 15.9 Å². The van der Waals surface area contributed by atoms with Gasteiger partial charge < -0.3 is 4.84 Å². The monoisotopic (exact) mass is 331 g/mol. The SMILES string of the molecule is O=C(ON1C(=O)CCC1=O)c1cc(Cl)cc(Br)c1. The van der Waals surface area contributed by atoms with Crippen LogP contribution in [-0.4, -0.2) is 22.8 Å². The molecule has 2 amide bonds. The summed E-state index contributed by atoms with van der Waals surface area (Å²) in [5.74, 6) is -1.84. The second-order valence-corrected chi connectivity index (χ2v) is 4.97. The molecule has 0 radical (unpaired) electrons. The van der Waals surface area contributed by atoms with Crippen LogP contribution in [0.5, 0.6) is 0 Å². The fourth-order valence-corrected chi connectivity index (χ4v) is 2.33. The Labute approximate surface area is 116 Å². The predicted octanol–water partition coefficient (Wildman–Crippen LogP) is 2.32. The molecule has 0 aromatic heterocycles. The fourth-order valence-electron chi connectivity index (χ4n) is 1.47. The summed E-state index contributed by atoms with van der Waals surface area (Å²) >= 11 is 8.96. The Morgan fingerprint density at radius 2 is 1.83 bits per heavy atom. The molecule has 1 fully saturated rings. The number of hydroxylamine groups is 2. The quantitative estimate of drug-likeness (QED) is 0.780. The molecular formula is C11H7BrClNO4. The molecule has 1 aliphatic heterocycles. The summed E-state index contributed by atoms with van der Waals surface area (Å²) in [6.45, 7) is 0. The van der Waals surface area contributed by atoms with Gasteiger partial charge in [0, 0.05) is 22.3 Å². The van der Waals surface area contributed by atoms with Gasteiger partial charge in [0.25, 0.3) is 11.8 Å². The zero-order valence-corrected chi connectivity index (χ0v) is 11.3. The van der Waals surface area contributed by atoms with E-state index in [0.717, 1.165) is 0 Å². The van der Waals surface area contributed by atoms with Crippen LogP contribution in [0.25, 0.3) is 0 Å². The van der Waals surface area contributed by atoms with Crippen LogP contribution < -0.4 is 0 Å². The Hall–Kier alpha value is -1.40. The molecule has 0 bridgehead atoms. The van der Waals surface area contributed by atoms with E-state index in [1.165, 1.54) is 12.1 Å². The molecule has 0 unspecified atom stereocenters. The largest absolute Gasteiger partial charge is 0.364 e. The Balaban J connectivity index is 2.17. The molecule has 2 rings (SSSR count). The number of hydrogen-bond acceptors (Lipinski definition) is 4. The molecule has 7 heteroatoms. The minimum atomic E-state index is -0.804. The van der Waals surface area contributed by atoms with Crippen LogP contribution in [-0.2, 0) is 14.4 Å². The molecule has 1 aromatic rings. The molecule has 0 spiro atoms. The first-order valence-corrected chi connectivity index (χ1v) is 6.18. The van der Waals surface area contributed by atoms with Gasteiger partial charge in [0.2, 0.25) is 0 Å². The Morgan fingerprint density at radius 3 is 2.39 bits per heavy atom. The molecule has 0 aliphatic carbocycles. The lowest BCUT2D eigenvalue weighted by Crippen LogP contribution is -2.32. The van der Waals surface area contributed by atoms with Gasteiger partial charge in [-0.2, -0.15) is 0 Å². The maximum absolute atomic E-state index is 11.7.